The van der Waals surface area contributed by atoms with Crippen LogP contribution in [0.3, 0.4) is 0 Å². The first-order chi connectivity index (χ1) is 13.6. The molecule has 0 spiro atoms. The van der Waals surface area contributed by atoms with Crippen molar-refractivity contribution in [3.8, 4) is 11.7 Å². The first-order valence-electron chi connectivity index (χ1n) is 9.72. The number of amides is 1. The summed E-state index contributed by atoms with van der Waals surface area (Å²) in [6.45, 7) is 3.41. The Morgan fingerprint density at radius 1 is 1.36 bits per heavy atom. The minimum absolute atomic E-state index is 0.181. The Bertz CT molecular complexity index is 965. The monoisotopic (exact) mass is 382 g/mol. The van der Waals surface area contributed by atoms with Gasteiger partial charge in [0.2, 0.25) is 0 Å². The van der Waals surface area contributed by atoms with Gasteiger partial charge in [-0.15, -0.1) is 0 Å². The SMILES string of the molecule is CC1(OC(=O)N2CCC(Cc3noc(-c4cc5cnccc5o4)n3)CC2)CC1. The lowest BCUT2D eigenvalue weighted by Crippen LogP contribution is -2.40. The Labute approximate surface area is 161 Å². The molecule has 146 valence electrons. The second-order valence-electron chi connectivity index (χ2n) is 7.99. The summed E-state index contributed by atoms with van der Waals surface area (Å²) in [5, 5.41) is 5.00. The van der Waals surface area contributed by atoms with Crippen molar-refractivity contribution in [3.63, 3.8) is 0 Å². The van der Waals surface area contributed by atoms with E-state index in [9.17, 15) is 4.79 Å². The predicted molar refractivity (Wildman–Crippen MR) is 99.4 cm³/mol. The number of pyridine rings is 1. The average Bonchev–Trinajstić information content (AvgIpc) is 3.10. The number of hydrogen-bond donors (Lipinski definition) is 0. The fourth-order valence-corrected chi connectivity index (χ4v) is 3.56. The highest BCUT2D eigenvalue weighted by Crippen LogP contribution is 2.39. The molecule has 2 aliphatic rings. The summed E-state index contributed by atoms with van der Waals surface area (Å²) in [7, 11) is 0. The molecule has 3 aromatic heterocycles. The maximum atomic E-state index is 12.2. The molecule has 1 amide bonds. The maximum Gasteiger partial charge on any atom is 0.410 e. The number of aromatic nitrogens is 3. The Hall–Kier alpha value is -2.90. The fraction of sp³-hybridized carbons (Fsp3) is 0.500. The van der Waals surface area contributed by atoms with Gasteiger partial charge in [0, 0.05) is 37.3 Å². The number of hydrogen-bond acceptors (Lipinski definition) is 7. The van der Waals surface area contributed by atoms with E-state index in [4.69, 9.17) is 13.7 Å². The van der Waals surface area contributed by atoms with E-state index >= 15 is 0 Å². The van der Waals surface area contributed by atoms with E-state index in [1.807, 2.05) is 17.9 Å². The third-order valence-electron chi connectivity index (χ3n) is 5.63. The highest BCUT2D eigenvalue weighted by molar-refractivity contribution is 5.80. The van der Waals surface area contributed by atoms with Crippen molar-refractivity contribution in [1.29, 1.82) is 0 Å². The second-order valence-corrected chi connectivity index (χ2v) is 7.99. The number of rotatable bonds is 4. The number of fused-ring (bicyclic) bond motifs is 1. The molecule has 0 atom stereocenters. The van der Waals surface area contributed by atoms with E-state index in [1.54, 1.807) is 18.5 Å². The summed E-state index contributed by atoms with van der Waals surface area (Å²) in [6, 6.07) is 3.66. The molecule has 5 rings (SSSR count). The Morgan fingerprint density at radius 2 is 2.18 bits per heavy atom. The Balaban J connectivity index is 1.18. The zero-order chi connectivity index (χ0) is 19.1. The highest BCUT2D eigenvalue weighted by Gasteiger charge is 2.43. The lowest BCUT2D eigenvalue weighted by atomic mass is 9.93. The lowest BCUT2D eigenvalue weighted by Gasteiger charge is -2.31. The molecule has 0 bridgehead atoms. The van der Waals surface area contributed by atoms with Crippen molar-refractivity contribution in [3.05, 3.63) is 30.4 Å². The van der Waals surface area contributed by atoms with E-state index in [0.29, 0.717) is 36.5 Å². The highest BCUT2D eigenvalue weighted by atomic mass is 16.6. The molecule has 8 heteroatoms. The van der Waals surface area contributed by atoms with Gasteiger partial charge in [0.25, 0.3) is 5.89 Å². The third kappa shape index (κ3) is 3.46. The smallest absolute Gasteiger partial charge is 0.410 e. The normalized spacial score (nSPS) is 19.1. The Morgan fingerprint density at radius 3 is 2.93 bits per heavy atom. The summed E-state index contributed by atoms with van der Waals surface area (Å²) < 4.78 is 16.7. The molecule has 1 aliphatic carbocycles. The van der Waals surface area contributed by atoms with Crippen LogP contribution in [0.25, 0.3) is 22.6 Å². The molecule has 3 aromatic rings. The van der Waals surface area contributed by atoms with Gasteiger partial charge >= 0.3 is 6.09 Å². The largest absolute Gasteiger partial charge is 0.451 e. The van der Waals surface area contributed by atoms with Crippen LogP contribution in [-0.2, 0) is 11.2 Å². The molecular formula is C20H22N4O4. The van der Waals surface area contributed by atoms with E-state index in [1.165, 1.54) is 0 Å². The molecule has 1 aliphatic heterocycles. The number of carbonyl (C=O) groups excluding carboxylic acids is 1. The quantitative estimate of drug-likeness (QED) is 0.677. The maximum absolute atomic E-state index is 12.2. The molecule has 0 N–H and O–H groups in total. The lowest BCUT2D eigenvalue weighted by molar-refractivity contribution is 0.0489. The standard InChI is InChI=1S/C20H22N4O4/c1-20(5-6-20)27-19(25)24-8-3-13(4-9-24)10-17-22-18(28-23-17)16-11-14-12-21-7-2-15(14)26-16/h2,7,11-13H,3-6,8-10H2,1H3. The fourth-order valence-electron chi connectivity index (χ4n) is 3.56. The predicted octanol–water partition coefficient (Wildman–Crippen LogP) is 3.82. The van der Waals surface area contributed by atoms with E-state index in [2.05, 4.69) is 15.1 Å². The summed E-state index contributed by atoms with van der Waals surface area (Å²) >= 11 is 0. The third-order valence-corrected chi connectivity index (χ3v) is 5.63. The van der Waals surface area contributed by atoms with Gasteiger partial charge in [0.15, 0.2) is 11.6 Å². The van der Waals surface area contributed by atoms with Crippen molar-refractivity contribution in [2.24, 2.45) is 5.92 Å². The van der Waals surface area contributed by atoms with Gasteiger partial charge < -0.3 is 18.6 Å². The molecule has 0 aromatic carbocycles. The minimum Gasteiger partial charge on any atom is -0.451 e. The Kier molecular flexibility index (Phi) is 4.07. The van der Waals surface area contributed by atoms with Crippen LogP contribution in [0.4, 0.5) is 4.79 Å². The summed E-state index contributed by atoms with van der Waals surface area (Å²) in [5.74, 6) is 2.02. The minimum atomic E-state index is -0.221. The van der Waals surface area contributed by atoms with Gasteiger partial charge in [-0.3, -0.25) is 4.98 Å². The number of piperidine rings is 1. The zero-order valence-corrected chi connectivity index (χ0v) is 15.8. The number of likely N-dealkylation sites (tertiary alicyclic amines) is 1. The van der Waals surface area contributed by atoms with Crippen molar-refractivity contribution >= 4 is 17.1 Å². The molecule has 1 saturated heterocycles. The van der Waals surface area contributed by atoms with Crippen molar-refractivity contribution in [2.75, 3.05) is 13.1 Å². The second kappa shape index (κ2) is 6.61. The number of nitrogens with zero attached hydrogens (tertiary/aromatic N) is 4. The summed E-state index contributed by atoms with van der Waals surface area (Å²) in [6.07, 6.45) is 7.72. The number of carbonyl (C=O) groups is 1. The summed E-state index contributed by atoms with van der Waals surface area (Å²) in [5.41, 5.74) is 0.519. The van der Waals surface area contributed by atoms with Crippen LogP contribution >= 0.6 is 0 Å². The van der Waals surface area contributed by atoms with Crippen LogP contribution in [-0.4, -0.2) is 44.8 Å². The van der Waals surface area contributed by atoms with Gasteiger partial charge in [-0.05, 0) is 50.7 Å². The van der Waals surface area contributed by atoms with E-state index < -0.39 is 0 Å². The van der Waals surface area contributed by atoms with Gasteiger partial charge in [-0.25, -0.2) is 4.79 Å². The van der Waals surface area contributed by atoms with Gasteiger partial charge in [-0.1, -0.05) is 5.16 Å². The average molecular weight is 382 g/mol. The zero-order valence-electron chi connectivity index (χ0n) is 15.8. The molecular weight excluding hydrogens is 360 g/mol. The molecule has 0 unspecified atom stereocenters. The van der Waals surface area contributed by atoms with Crippen LogP contribution in [0, 0.1) is 5.92 Å². The molecule has 0 radical (unpaired) electrons. The first kappa shape index (κ1) is 17.2. The molecule has 8 nitrogen and oxygen atoms in total. The number of ether oxygens (including phenoxy) is 1. The summed E-state index contributed by atoms with van der Waals surface area (Å²) in [4.78, 5) is 22.6. The molecule has 2 fully saturated rings. The molecule has 1 saturated carbocycles. The molecule has 28 heavy (non-hydrogen) atoms. The van der Waals surface area contributed by atoms with Crippen molar-refractivity contribution in [1.82, 2.24) is 20.0 Å². The van der Waals surface area contributed by atoms with Crippen LogP contribution in [0.2, 0.25) is 0 Å². The first-order valence-corrected chi connectivity index (χ1v) is 9.72. The molecule has 4 heterocycles. The van der Waals surface area contributed by atoms with Gasteiger partial charge in [0.1, 0.15) is 11.2 Å². The van der Waals surface area contributed by atoms with E-state index in [0.717, 1.165) is 43.1 Å². The van der Waals surface area contributed by atoms with Crippen LogP contribution in [0.15, 0.2) is 33.5 Å². The van der Waals surface area contributed by atoms with Gasteiger partial charge in [-0.2, -0.15) is 4.98 Å². The van der Waals surface area contributed by atoms with Crippen molar-refractivity contribution < 1.29 is 18.5 Å². The topological polar surface area (TPSA) is 94.5 Å². The number of furan rings is 1. The van der Waals surface area contributed by atoms with Gasteiger partial charge in [0.05, 0.1) is 0 Å². The van der Waals surface area contributed by atoms with Crippen LogP contribution in [0.5, 0.6) is 0 Å². The van der Waals surface area contributed by atoms with Crippen LogP contribution in [0.1, 0.15) is 38.4 Å². The van der Waals surface area contributed by atoms with Crippen molar-refractivity contribution in [2.45, 2.75) is 44.6 Å². The van der Waals surface area contributed by atoms with E-state index in [-0.39, 0.29) is 11.7 Å². The van der Waals surface area contributed by atoms with Crippen LogP contribution < -0.4 is 0 Å².